The number of carbonyl (C=O) groups excluding carboxylic acids is 1. The largest absolute Gasteiger partial charge is 0.480 e. The van der Waals surface area contributed by atoms with Crippen molar-refractivity contribution in [3.05, 3.63) is 35.4 Å². The van der Waals surface area contributed by atoms with Crippen molar-refractivity contribution in [3.8, 4) is 0 Å². The summed E-state index contributed by atoms with van der Waals surface area (Å²) in [5, 5.41) is 19.6. The van der Waals surface area contributed by atoms with Crippen LogP contribution in [-0.2, 0) is 11.3 Å². The second-order valence-corrected chi connectivity index (χ2v) is 3.45. The lowest BCUT2D eigenvalue weighted by Gasteiger charge is -2.11. The van der Waals surface area contributed by atoms with Crippen molar-refractivity contribution in [2.75, 3.05) is 6.61 Å². The number of carboxylic acids is 1. The van der Waals surface area contributed by atoms with Crippen LogP contribution in [0.1, 0.15) is 15.9 Å². The Kier molecular flexibility index (Phi) is 4.62. The van der Waals surface area contributed by atoms with Crippen molar-refractivity contribution < 1.29 is 19.8 Å². The fraction of sp³-hybridized carbons (Fsp3) is 0.273. The molecule has 0 saturated carbocycles. The molecule has 1 atom stereocenters. The Bertz CT molecular complexity index is 402. The van der Waals surface area contributed by atoms with E-state index in [9.17, 15) is 9.59 Å². The highest BCUT2D eigenvalue weighted by Crippen LogP contribution is 2.04. The molecule has 6 heteroatoms. The molecular weight excluding hydrogens is 224 g/mol. The van der Waals surface area contributed by atoms with E-state index in [-0.39, 0.29) is 0 Å². The minimum absolute atomic E-state index is 0.321. The summed E-state index contributed by atoms with van der Waals surface area (Å²) in [5.74, 6) is -1.82. The van der Waals surface area contributed by atoms with E-state index in [1.165, 1.54) is 0 Å². The summed E-state index contributed by atoms with van der Waals surface area (Å²) in [6.07, 6.45) is 0. The second-order valence-electron chi connectivity index (χ2n) is 3.45. The lowest BCUT2D eigenvalue weighted by molar-refractivity contribution is -0.140. The van der Waals surface area contributed by atoms with Crippen LogP contribution in [0.25, 0.3) is 0 Å². The number of rotatable bonds is 5. The maximum absolute atomic E-state index is 11.6. The molecule has 0 aliphatic carbocycles. The fourth-order valence-electron chi connectivity index (χ4n) is 1.22. The van der Waals surface area contributed by atoms with E-state index < -0.39 is 24.5 Å². The number of aliphatic hydroxyl groups is 1. The minimum Gasteiger partial charge on any atom is -0.480 e. The smallest absolute Gasteiger partial charge is 0.328 e. The highest BCUT2D eigenvalue weighted by molar-refractivity contribution is 5.96. The van der Waals surface area contributed by atoms with Crippen LogP contribution in [0, 0.1) is 0 Å². The molecule has 1 rings (SSSR count). The second kappa shape index (κ2) is 5.97. The predicted octanol–water partition coefficient (Wildman–Crippen LogP) is -0.679. The molecule has 1 aromatic carbocycles. The fourth-order valence-corrected chi connectivity index (χ4v) is 1.22. The van der Waals surface area contributed by atoms with Crippen molar-refractivity contribution >= 4 is 11.9 Å². The van der Waals surface area contributed by atoms with E-state index in [0.717, 1.165) is 5.56 Å². The van der Waals surface area contributed by atoms with Gasteiger partial charge in [-0.3, -0.25) is 4.79 Å². The Morgan fingerprint density at radius 1 is 1.29 bits per heavy atom. The van der Waals surface area contributed by atoms with Gasteiger partial charge in [-0.25, -0.2) is 4.79 Å². The van der Waals surface area contributed by atoms with E-state index in [4.69, 9.17) is 15.9 Å². The molecule has 92 valence electrons. The first-order valence-corrected chi connectivity index (χ1v) is 5.02. The number of benzene rings is 1. The Labute approximate surface area is 98.1 Å². The predicted molar refractivity (Wildman–Crippen MR) is 60.3 cm³/mol. The van der Waals surface area contributed by atoms with Gasteiger partial charge in [-0.2, -0.15) is 0 Å². The van der Waals surface area contributed by atoms with Crippen LogP contribution in [0.2, 0.25) is 0 Å². The van der Waals surface area contributed by atoms with Gasteiger partial charge in [-0.15, -0.1) is 0 Å². The molecule has 1 amide bonds. The van der Waals surface area contributed by atoms with Crippen LogP contribution in [0.4, 0.5) is 0 Å². The maximum Gasteiger partial charge on any atom is 0.328 e. The van der Waals surface area contributed by atoms with Gasteiger partial charge in [-0.05, 0) is 17.7 Å². The van der Waals surface area contributed by atoms with E-state index in [1.54, 1.807) is 24.3 Å². The molecule has 1 unspecified atom stereocenters. The quantitative estimate of drug-likeness (QED) is 0.543. The summed E-state index contributed by atoms with van der Waals surface area (Å²) < 4.78 is 0. The van der Waals surface area contributed by atoms with E-state index >= 15 is 0 Å². The molecule has 6 nitrogen and oxygen atoms in total. The SMILES string of the molecule is NCc1ccc(C(=O)NC(CO)C(=O)O)cc1. The van der Waals surface area contributed by atoms with Crippen LogP contribution < -0.4 is 11.1 Å². The third-order valence-corrected chi connectivity index (χ3v) is 2.24. The molecule has 0 bridgehead atoms. The van der Waals surface area contributed by atoms with Crippen LogP contribution in [0.5, 0.6) is 0 Å². The molecule has 17 heavy (non-hydrogen) atoms. The summed E-state index contributed by atoms with van der Waals surface area (Å²) >= 11 is 0. The van der Waals surface area contributed by atoms with Crippen molar-refractivity contribution in [1.82, 2.24) is 5.32 Å². The van der Waals surface area contributed by atoms with Gasteiger partial charge in [0, 0.05) is 12.1 Å². The summed E-state index contributed by atoms with van der Waals surface area (Å²) in [7, 11) is 0. The third kappa shape index (κ3) is 3.54. The summed E-state index contributed by atoms with van der Waals surface area (Å²) in [4.78, 5) is 22.2. The molecule has 0 aliphatic rings. The summed E-state index contributed by atoms with van der Waals surface area (Å²) in [6, 6.07) is 5.17. The third-order valence-electron chi connectivity index (χ3n) is 2.24. The first-order chi connectivity index (χ1) is 8.08. The normalized spacial score (nSPS) is 11.9. The molecule has 0 aromatic heterocycles. The molecule has 0 fully saturated rings. The lowest BCUT2D eigenvalue weighted by Crippen LogP contribution is -2.43. The number of aliphatic carboxylic acids is 1. The lowest BCUT2D eigenvalue weighted by atomic mass is 10.1. The number of amides is 1. The van der Waals surface area contributed by atoms with Crippen molar-refractivity contribution in [2.24, 2.45) is 5.73 Å². The van der Waals surface area contributed by atoms with E-state index in [1.807, 2.05) is 0 Å². The number of hydrogen-bond acceptors (Lipinski definition) is 4. The molecule has 1 aromatic rings. The Morgan fingerprint density at radius 2 is 1.88 bits per heavy atom. The number of aliphatic hydroxyl groups excluding tert-OH is 1. The molecule has 0 saturated heterocycles. The van der Waals surface area contributed by atoms with Crippen LogP contribution in [0.15, 0.2) is 24.3 Å². The average Bonchev–Trinajstić information content (AvgIpc) is 2.35. The number of nitrogens with one attached hydrogen (secondary N) is 1. The highest BCUT2D eigenvalue weighted by Gasteiger charge is 2.19. The van der Waals surface area contributed by atoms with Gasteiger partial charge in [0.15, 0.2) is 6.04 Å². The number of carbonyl (C=O) groups is 2. The van der Waals surface area contributed by atoms with Crippen LogP contribution in [0.3, 0.4) is 0 Å². The zero-order chi connectivity index (χ0) is 12.8. The van der Waals surface area contributed by atoms with Gasteiger partial charge in [0.2, 0.25) is 0 Å². The molecule has 0 aliphatic heterocycles. The molecular formula is C11H14N2O4. The van der Waals surface area contributed by atoms with E-state index in [0.29, 0.717) is 12.1 Å². The standard InChI is InChI=1S/C11H14N2O4/c12-5-7-1-3-8(4-2-7)10(15)13-9(6-14)11(16)17/h1-4,9,14H,5-6,12H2,(H,13,15)(H,16,17). The van der Waals surface area contributed by atoms with Gasteiger partial charge >= 0.3 is 5.97 Å². The van der Waals surface area contributed by atoms with Gasteiger partial charge in [0.05, 0.1) is 6.61 Å². The number of hydrogen-bond donors (Lipinski definition) is 4. The monoisotopic (exact) mass is 238 g/mol. The minimum atomic E-state index is -1.29. The topological polar surface area (TPSA) is 113 Å². The Morgan fingerprint density at radius 3 is 2.29 bits per heavy atom. The Hall–Kier alpha value is -1.92. The summed E-state index contributed by atoms with van der Waals surface area (Å²) in [5.41, 5.74) is 6.60. The zero-order valence-corrected chi connectivity index (χ0v) is 9.09. The number of carboxylic acid groups (broad SMARTS) is 1. The van der Waals surface area contributed by atoms with Gasteiger partial charge in [0.1, 0.15) is 0 Å². The van der Waals surface area contributed by atoms with Crippen LogP contribution in [-0.4, -0.2) is 34.7 Å². The average molecular weight is 238 g/mol. The zero-order valence-electron chi connectivity index (χ0n) is 9.09. The van der Waals surface area contributed by atoms with Gasteiger partial charge < -0.3 is 21.3 Å². The molecule has 0 heterocycles. The van der Waals surface area contributed by atoms with Crippen molar-refractivity contribution in [2.45, 2.75) is 12.6 Å². The first kappa shape index (κ1) is 13.1. The number of nitrogens with two attached hydrogens (primary N) is 1. The maximum atomic E-state index is 11.6. The van der Waals surface area contributed by atoms with Crippen LogP contribution >= 0.6 is 0 Å². The summed E-state index contributed by atoms with van der Waals surface area (Å²) in [6.45, 7) is -0.280. The van der Waals surface area contributed by atoms with E-state index in [2.05, 4.69) is 5.32 Å². The van der Waals surface area contributed by atoms with Gasteiger partial charge in [0.25, 0.3) is 5.91 Å². The highest BCUT2D eigenvalue weighted by atomic mass is 16.4. The first-order valence-electron chi connectivity index (χ1n) is 5.02. The molecule has 0 radical (unpaired) electrons. The molecule has 5 N–H and O–H groups in total. The van der Waals surface area contributed by atoms with Crippen molar-refractivity contribution in [1.29, 1.82) is 0 Å². The van der Waals surface area contributed by atoms with Crippen molar-refractivity contribution in [3.63, 3.8) is 0 Å². The Balaban J connectivity index is 2.72. The molecule has 0 spiro atoms. The van der Waals surface area contributed by atoms with Gasteiger partial charge in [-0.1, -0.05) is 12.1 Å².